The van der Waals surface area contributed by atoms with Crippen LogP contribution in [0.4, 0.5) is 0 Å². The van der Waals surface area contributed by atoms with Crippen LogP contribution in [0, 0.1) is 6.92 Å². The van der Waals surface area contributed by atoms with Gasteiger partial charge < -0.3 is 5.32 Å². The van der Waals surface area contributed by atoms with Crippen LogP contribution in [0.25, 0.3) is 6.08 Å². The Hall–Kier alpha value is -0.600. The molecule has 0 bridgehead atoms. The molecule has 1 nitrogen and oxygen atoms in total. The maximum atomic E-state index is 3.33. The van der Waals surface area contributed by atoms with E-state index in [1.54, 1.807) is 0 Å². The predicted molar refractivity (Wildman–Crippen MR) is 54.5 cm³/mol. The molecular formula is C10H13NS. The van der Waals surface area contributed by atoms with Gasteiger partial charge in [-0.15, -0.1) is 11.3 Å². The zero-order chi connectivity index (χ0) is 8.39. The van der Waals surface area contributed by atoms with E-state index in [0.29, 0.717) is 0 Å². The van der Waals surface area contributed by atoms with Gasteiger partial charge in [-0.3, -0.25) is 0 Å². The lowest BCUT2D eigenvalue weighted by Gasteiger charge is -1.91. The van der Waals surface area contributed by atoms with Gasteiger partial charge >= 0.3 is 0 Å². The maximum absolute atomic E-state index is 3.33. The van der Waals surface area contributed by atoms with Crippen molar-refractivity contribution in [3.8, 4) is 0 Å². The van der Waals surface area contributed by atoms with Gasteiger partial charge in [-0.2, -0.15) is 0 Å². The van der Waals surface area contributed by atoms with Gasteiger partial charge in [0.1, 0.15) is 0 Å². The average molecular weight is 179 g/mol. The molecule has 64 valence electrons. The zero-order valence-electron chi connectivity index (χ0n) is 7.26. The van der Waals surface area contributed by atoms with E-state index >= 15 is 0 Å². The summed E-state index contributed by atoms with van der Waals surface area (Å²) in [6.45, 7) is 4.38. The molecule has 0 spiro atoms. The summed E-state index contributed by atoms with van der Waals surface area (Å²) in [6.07, 6.45) is 3.53. The van der Waals surface area contributed by atoms with E-state index in [2.05, 4.69) is 29.8 Å². The van der Waals surface area contributed by atoms with Gasteiger partial charge in [0.05, 0.1) is 0 Å². The van der Waals surface area contributed by atoms with Gasteiger partial charge in [0.25, 0.3) is 0 Å². The van der Waals surface area contributed by atoms with E-state index in [1.165, 1.54) is 22.4 Å². The molecule has 0 saturated carbocycles. The summed E-state index contributed by atoms with van der Waals surface area (Å²) in [6, 6.07) is 2.25. The van der Waals surface area contributed by atoms with Crippen molar-refractivity contribution in [1.29, 1.82) is 0 Å². The molecule has 2 heteroatoms. The zero-order valence-corrected chi connectivity index (χ0v) is 8.08. The monoisotopic (exact) mass is 179 g/mol. The van der Waals surface area contributed by atoms with Gasteiger partial charge in [0.15, 0.2) is 0 Å². The summed E-state index contributed by atoms with van der Waals surface area (Å²) in [5.74, 6) is 0. The molecule has 1 saturated heterocycles. The number of hydrogen-bond donors (Lipinski definition) is 1. The smallest absolute Gasteiger partial charge is 0.0168 e. The topological polar surface area (TPSA) is 12.0 Å². The van der Waals surface area contributed by atoms with Crippen molar-refractivity contribution < 1.29 is 0 Å². The van der Waals surface area contributed by atoms with Gasteiger partial charge in [-0.1, -0.05) is 11.6 Å². The predicted octanol–water partition coefficient (Wildman–Crippen LogP) is 2.43. The highest BCUT2D eigenvalue weighted by Gasteiger charge is 2.05. The fraction of sp³-hybridized carbons (Fsp3) is 0.400. The molecular weight excluding hydrogens is 166 g/mol. The second kappa shape index (κ2) is 3.42. The number of rotatable bonds is 1. The molecule has 2 heterocycles. The normalized spacial score (nSPS) is 20.6. The van der Waals surface area contributed by atoms with Crippen LogP contribution in [0.15, 0.2) is 17.0 Å². The van der Waals surface area contributed by atoms with Crippen LogP contribution >= 0.6 is 11.3 Å². The molecule has 0 unspecified atom stereocenters. The fourth-order valence-corrected chi connectivity index (χ4v) is 2.15. The summed E-state index contributed by atoms with van der Waals surface area (Å²) < 4.78 is 0. The van der Waals surface area contributed by atoms with Crippen molar-refractivity contribution in [2.45, 2.75) is 13.3 Å². The van der Waals surface area contributed by atoms with E-state index in [1.807, 2.05) is 11.3 Å². The lowest BCUT2D eigenvalue weighted by Crippen LogP contribution is -2.04. The summed E-state index contributed by atoms with van der Waals surface area (Å²) in [7, 11) is 0. The Labute approximate surface area is 77.1 Å². The first-order valence-electron chi connectivity index (χ1n) is 4.30. The Bertz CT molecular complexity index is 291. The lowest BCUT2D eigenvalue weighted by molar-refractivity contribution is 0.862. The van der Waals surface area contributed by atoms with Crippen LogP contribution in [0.5, 0.6) is 0 Å². The molecule has 1 aliphatic rings. The summed E-state index contributed by atoms with van der Waals surface area (Å²) in [4.78, 5) is 1.40. The maximum Gasteiger partial charge on any atom is 0.0168 e. The first kappa shape index (κ1) is 8.02. The standard InChI is InChI=1S/C10H13NS/c1-8-4-10(7-12-8)5-9-2-3-11-6-9/h4-5,7,11H,2-3,6H2,1H3/b9-5-. The molecule has 12 heavy (non-hydrogen) atoms. The number of aryl methyl sites for hydroxylation is 1. The van der Waals surface area contributed by atoms with Crippen LogP contribution < -0.4 is 5.32 Å². The van der Waals surface area contributed by atoms with Crippen molar-refractivity contribution in [3.05, 3.63) is 27.5 Å². The third-order valence-electron chi connectivity index (χ3n) is 2.10. The minimum Gasteiger partial charge on any atom is -0.313 e. The average Bonchev–Trinajstić information content (AvgIpc) is 2.63. The Morgan fingerprint density at radius 1 is 1.58 bits per heavy atom. The molecule has 0 amide bonds. The highest BCUT2D eigenvalue weighted by Crippen LogP contribution is 2.18. The summed E-state index contributed by atoms with van der Waals surface area (Å²) in [5.41, 5.74) is 2.91. The highest BCUT2D eigenvalue weighted by molar-refractivity contribution is 7.10. The third kappa shape index (κ3) is 1.76. The molecule has 1 aromatic rings. The van der Waals surface area contributed by atoms with E-state index in [4.69, 9.17) is 0 Å². The largest absolute Gasteiger partial charge is 0.313 e. The molecule has 1 N–H and O–H groups in total. The van der Waals surface area contributed by atoms with Gasteiger partial charge in [0, 0.05) is 11.4 Å². The highest BCUT2D eigenvalue weighted by atomic mass is 32.1. The van der Waals surface area contributed by atoms with E-state index in [-0.39, 0.29) is 0 Å². The molecule has 0 aliphatic carbocycles. The first-order valence-corrected chi connectivity index (χ1v) is 5.18. The number of thiophene rings is 1. The molecule has 1 aliphatic heterocycles. The van der Waals surface area contributed by atoms with Crippen molar-refractivity contribution >= 4 is 17.4 Å². The van der Waals surface area contributed by atoms with E-state index in [0.717, 1.165) is 13.1 Å². The molecule has 0 aromatic carbocycles. The van der Waals surface area contributed by atoms with Crippen molar-refractivity contribution in [2.24, 2.45) is 0 Å². The summed E-state index contributed by atoms with van der Waals surface area (Å²) in [5, 5.41) is 5.56. The van der Waals surface area contributed by atoms with Gasteiger partial charge in [0.2, 0.25) is 0 Å². The van der Waals surface area contributed by atoms with Crippen LogP contribution in [-0.2, 0) is 0 Å². The number of nitrogens with one attached hydrogen (secondary N) is 1. The minimum absolute atomic E-state index is 1.08. The Morgan fingerprint density at radius 3 is 3.08 bits per heavy atom. The van der Waals surface area contributed by atoms with Crippen molar-refractivity contribution in [1.82, 2.24) is 5.32 Å². The number of hydrogen-bond acceptors (Lipinski definition) is 2. The SMILES string of the molecule is Cc1cc(/C=C2/CCNC2)cs1. The van der Waals surface area contributed by atoms with Crippen LogP contribution in [0.2, 0.25) is 0 Å². The third-order valence-corrected chi connectivity index (χ3v) is 2.98. The Balaban J connectivity index is 2.15. The lowest BCUT2D eigenvalue weighted by atomic mass is 10.1. The van der Waals surface area contributed by atoms with Crippen LogP contribution in [0.3, 0.4) is 0 Å². The van der Waals surface area contributed by atoms with Gasteiger partial charge in [-0.25, -0.2) is 0 Å². The second-order valence-electron chi connectivity index (χ2n) is 3.22. The molecule has 1 aromatic heterocycles. The van der Waals surface area contributed by atoms with Crippen LogP contribution in [-0.4, -0.2) is 13.1 Å². The van der Waals surface area contributed by atoms with E-state index < -0.39 is 0 Å². The molecule has 0 radical (unpaired) electrons. The molecule has 2 rings (SSSR count). The van der Waals surface area contributed by atoms with Gasteiger partial charge in [-0.05, 0) is 36.9 Å². The molecule has 0 atom stereocenters. The quantitative estimate of drug-likeness (QED) is 0.698. The molecule has 1 fully saturated rings. The van der Waals surface area contributed by atoms with Crippen molar-refractivity contribution in [3.63, 3.8) is 0 Å². The van der Waals surface area contributed by atoms with Crippen LogP contribution in [0.1, 0.15) is 16.9 Å². The minimum atomic E-state index is 1.08. The van der Waals surface area contributed by atoms with Crippen molar-refractivity contribution in [2.75, 3.05) is 13.1 Å². The first-order chi connectivity index (χ1) is 5.84. The van der Waals surface area contributed by atoms with E-state index in [9.17, 15) is 0 Å². The Morgan fingerprint density at radius 2 is 2.50 bits per heavy atom. The summed E-state index contributed by atoms with van der Waals surface area (Å²) >= 11 is 1.82. The second-order valence-corrected chi connectivity index (χ2v) is 4.34. The Kier molecular flexibility index (Phi) is 2.28. The fourth-order valence-electron chi connectivity index (χ4n) is 1.48.